The zero-order valence-corrected chi connectivity index (χ0v) is 17.2. The molecule has 5 aromatic rings. The molecule has 0 atom stereocenters. The first-order valence-electron chi connectivity index (χ1n) is 10.1. The third-order valence-corrected chi connectivity index (χ3v) is 5.17. The van der Waals surface area contributed by atoms with Crippen molar-refractivity contribution < 1.29 is 9.18 Å². The summed E-state index contributed by atoms with van der Waals surface area (Å²) >= 11 is 0. The van der Waals surface area contributed by atoms with Crippen molar-refractivity contribution in [3.63, 3.8) is 0 Å². The molecule has 1 amide bonds. The minimum Gasteiger partial charge on any atom is -0.322 e. The van der Waals surface area contributed by atoms with Crippen LogP contribution in [0.1, 0.15) is 21.7 Å². The lowest BCUT2D eigenvalue weighted by molar-refractivity contribution is 0.102. The van der Waals surface area contributed by atoms with E-state index in [2.05, 4.69) is 20.5 Å². The number of carbonyl (C=O) groups excluding carboxylic acids is 1. The van der Waals surface area contributed by atoms with Crippen LogP contribution < -0.4 is 5.32 Å². The first-order chi connectivity index (χ1) is 15.6. The summed E-state index contributed by atoms with van der Waals surface area (Å²) in [6, 6.07) is 19.1. The van der Waals surface area contributed by atoms with Gasteiger partial charge in [-0.3, -0.25) is 9.36 Å². The Hall–Kier alpha value is -4.33. The zero-order chi connectivity index (χ0) is 22.1. The maximum absolute atomic E-state index is 13.4. The van der Waals surface area contributed by atoms with E-state index >= 15 is 0 Å². The second-order valence-electron chi connectivity index (χ2n) is 7.38. The summed E-state index contributed by atoms with van der Waals surface area (Å²) in [5.41, 5.74) is 4.55. The van der Waals surface area contributed by atoms with Crippen LogP contribution >= 0.6 is 0 Å². The highest BCUT2D eigenvalue weighted by Crippen LogP contribution is 2.23. The molecule has 0 fully saturated rings. The molecular formula is C24H19FN6O. The van der Waals surface area contributed by atoms with Crippen molar-refractivity contribution in [2.45, 2.75) is 13.5 Å². The van der Waals surface area contributed by atoms with Gasteiger partial charge in [-0.05, 0) is 67.1 Å². The van der Waals surface area contributed by atoms with Crippen LogP contribution in [0.4, 0.5) is 10.1 Å². The molecule has 0 saturated heterocycles. The number of fused-ring (bicyclic) bond motifs is 1. The highest BCUT2D eigenvalue weighted by molar-refractivity contribution is 6.06. The Morgan fingerprint density at radius 3 is 2.41 bits per heavy atom. The minimum absolute atomic E-state index is 0.224. The number of amides is 1. The van der Waals surface area contributed by atoms with Crippen molar-refractivity contribution in [2.24, 2.45) is 0 Å². The zero-order valence-electron chi connectivity index (χ0n) is 17.2. The monoisotopic (exact) mass is 426 g/mol. The summed E-state index contributed by atoms with van der Waals surface area (Å²) in [5.74, 6) is 0.229. The third kappa shape index (κ3) is 3.85. The van der Waals surface area contributed by atoms with Crippen LogP contribution in [0, 0.1) is 12.7 Å². The van der Waals surface area contributed by atoms with Crippen molar-refractivity contribution in [3.8, 4) is 5.69 Å². The SMILES string of the molecule is Cc1nc2ccc(C(=O)Nc3ccc(Cn4nccn4)cc3)cc2n1-c1ccc(F)cc1. The van der Waals surface area contributed by atoms with Gasteiger partial charge >= 0.3 is 0 Å². The molecule has 2 aromatic heterocycles. The van der Waals surface area contributed by atoms with Gasteiger partial charge < -0.3 is 5.32 Å². The van der Waals surface area contributed by atoms with E-state index in [1.807, 2.05) is 41.8 Å². The number of halogens is 1. The number of benzene rings is 3. The molecule has 0 aliphatic heterocycles. The van der Waals surface area contributed by atoms with Crippen molar-refractivity contribution in [2.75, 3.05) is 5.32 Å². The number of imidazole rings is 1. The summed E-state index contributed by atoms with van der Waals surface area (Å²) in [5, 5.41) is 11.1. The van der Waals surface area contributed by atoms with Gasteiger partial charge in [-0.25, -0.2) is 9.37 Å². The average molecular weight is 426 g/mol. The summed E-state index contributed by atoms with van der Waals surface area (Å²) < 4.78 is 15.3. The van der Waals surface area contributed by atoms with E-state index in [1.54, 1.807) is 41.5 Å². The van der Waals surface area contributed by atoms with E-state index in [-0.39, 0.29) is 11.7 Å². The van der Waals surface area contributed by atoms with Gasteiger partial charge in [-0.15, -0.1) is 0 Å². The fourth-order valence-electron chi connectivity index (χ4n) is 3.64. The van der Waals surface area contributed by atoms with Crippen LogP contribution in [0.25, 0.3) is 16.7 Å². The molecule has 158 valence electrons. The normalized spacial score (nSPS) is 11.1. The van der Waals surface area contributed by atoms with Crippen molar-refractivity contribution in [3.05, 3.63) is 102 Å². The fourth-order valence-corrected chi connectivity index (χ4v) is 3.64. The highest BCUT2D eigenvalue weighted by atomic mass is 19.1. The van der Waals surface area contributed by atoms with E-state index in [0.29, 0.717) is 17.8 Å². The van der Waals surface area contributed by atoms with Gasteiger partial charge in [0.05, 0.1) is 30.0 Å². The summed E-state index contributed by atoms with van der Waals surface area (Å²) in [6.45, 7) is 2.44. The first kappa shape index (κ1) is 19.6. The molecule has 0 unspecified atom stereocenters. The number of hydrogen-bond donors (Lipinski definition) is 1. The van der Waals surface area contributed by atoms with Crippen molar-refractivity contribution in [1.29, 1.82) is 0 Å². The molecule has 3 aromatic carbocycles. The molecule has 7 nitrogen and oxygen atoms in total. The Bertz CT molecular complexity index is 1390. The molecule has 1 N–H and O–H groups in total. The number of rotatable bonds is 5. The van der Waals surface area contributed by atoms with Gasteiger partial charge in [0.2, 0.25) is 0 Å². The number of aryl methyl sites for hydroxylation is 1. The van der Waals surface area contributed by atoms with E-state index in [4.69, 9.17) is 0 Å². The molecule has 0 aliphatic rings. The number of hydrogen-bond acceptors (Lipinski definition) is 4. The van der Waals surface area contributed by atoms with Gasteiger partial charge in [-0.1, -0.05) is 12.1 Å². The fraction of sp³-hybridized carbons (Fsp3) is 0.0833. The van der Waals surface area contributed by atoms with Gasteiger partial charge in [0.15, 0.2) is 0 Å². The van der Waals surface area contributed by atoms with Gasteiger partial charge in [0.1, 0.15) is 11.6 Å². The lowest BCUT2D eigenvalue weighted by Gasteiger charge is -2.09. The lowest BCUT2D eigenvalue weighted by Crippen LogP contribution is -2.12. The van der Waals surface area contributed by atoms with Crippen LogP contribution in [0.2, 0.25) is 0 Å². The molecule has 0 radical (unpaired) electrons. The second-order valence-corrected chi connectivity index (χ2v) is 7.38. The summed E-state index contributed by atoms with van der Waals surface area (Å²) in [4.78, 5) is 19.0. The first-order valence-corrected chi connectivity index (χ1v) is 10.1. The minimum atomic E-state index is -0.303. The van der Waals surface area contributed by atoms with Gasteiger partial charge in [-0.2, -0.15) is 15.0 Å². The second kappa shape index (κ2) is 8.07. The van der Waals surface area contributed by atoms with Crippen LogP contribution in [-0.4, -0.2) is 30.5 Å². The lowest BCUT2D eigenvalue weighted by atomic mass is 10.1. The summed E-state index contributed by atoms with van der Waals surface area (Å²) in [6.07, 6.45) is 3.27. The number of nitrogens with one attached hydrogen (secondary N) is 1. The molecule has 0 aliphatic carbocycles. The largest absolute Gasteiger partial charge is 0.322 e. The quantitative estimate of drug-likeness (QED) is 0.453. The number of aromatic nitrogens is 5. The van der Waals surface area contributed by atoms with Crippen LogP contribution in [0.3, 0.4) is 0 Å². The van der Waals surface area contributed by atoms with Crippen molar-refractivity contribution >= 4 is 22.6 Å². The molecule has 0 bridgehead atoms. The highest BCUT2D eigenvalue weighted by Gasteiger charge is 2.13. The number of carbonyl (C=O) groups is 1. The van der Waals surface area contributed by atoms with Crippen molar-refractivity contribution in [1.82, 2.24) is 24.5 Å². The van der Waals surface area contributed by atoms with E-state index < -0.39 is 0 Å². The Morgan fingerprint density at radius 2 is 1.69 bits per heavy atom. The molecule has 5 rings (SSSR count). The standard InChI is InChI=1S/C24H19FN6O/c1-16-28-22-11-4-18(14-23(22)31(16)21-9-5-19(25)6-10-21)24(32)29-20-7-2-17(3-8-20)15-30-26-12-13-27-30/h2-14H,15H2,1H3,(H,29,32). The molecule has 0 spiro atoms. The Morgan fingerprint density at radius 1 is 0.969 bits per heavy atom. The molecular weight excluding hydrogens is 407 g/mol. The smallest absolute Gasteiger partial charge is 0.255 e. The van der Waals surface area contributed by atoms with Crippen LogP contribution in [0.5, 0.6) is 0 Å². The van der Waals surface area contributed by atoms with Gasteiger partial charge in [0.25, 0.3) is 5.91 Å². The third-order valence-electron chi connectivity index (χ3n) is 5.17. The predicted octanol–water partition coefficient (Wildman–Crippen LogP) is 4.37. The summed E-state index contributed by atoms with van der Waals surface area (Å²) in [7, 11) is 0. The number of anilines is 1. The molecule has 2 heterocycles. The molecule has 0 saturated carbocycles. The van der Waals surface area contributed by atoms with E-state index in [9.17, 15) is 9.18 Å². The van der Waals surface area contributed by atoms with Crippen LogP contribution in [0.15, 0.2) is 79.1 Å². The Balaban J connectivity index is 1.39. The van der Waals surface area contributed by atoms with Gasteiger partial charge in [0, 0.05) is 16.9 Å². The topological polar surface area (TPSA) is 77.6 Å². The maximum atomic E-state index is 13.4. The molecule has 32 heavy (non-hydrogen) atoms. The Kier molecular flexibility index (Phi) is 4.95. The van der Waals surface area contributed by atoms with E-state index in [0.717, 1.165) is 28.1 Å². The maximum Gasteiger partial charge on any atom is 0.255 e. The van der Waals surface area contributed by atoms with E-state index in [1.165, 1.54) is 12.1 Å². The predicted molar refractivity (Wildman–Crippen MR) is 119 cm³/mol. The molecule has 8 heteroatoms. The average Bonchev–Trinajstić information content (AvgIpc) is 3.42. The van der Waals surface area contributed by atoms with Crippen LogP contribution in [-0.2, 0) is 6.54 Å². The Labute approximate surface area is 183 Å². The number of nitrogens with zero attached hydrogens (tertiary/aromatic N) is 5.